The molecule has 0 spiro atoms. The van der Waals surface area contributed by atoms with E-state index < -0.39 is 0 Å². The maximum atomic E-state index is 13.6. The van der Waals surface area contributed by atoms with Gasteiger partial charge in [0.05, 0.1) is 5.92 Å². The molecule has 0 aromatic heterocycles. The predicted octanol–water partition coefficient (Wildman–Crippen LogP) is 9.23. The van der Waals surface area contributed by atoms with Crippen LogP contribution in [0.5, 0.6) is 0 Å². The molecule has 1 saturated heterocycles. The van der Waals surface area contributed by atoms with Crippen molar-refractivity contribution in [1.82, 2.24) is 5.32 Å². The van der Waals surface area contributed by atoms with Crippen LogP contribution < -0.4 is 15.5 Å². The second kappa shape index (κ2) is 14.7. The summed E-state index contributed by atoms with van der Waals surface area (Å²) in [5.41, 5.74) is 6.03. The van der Waals surface area contributed by atoms with Crippen LogP contribution in [0.15, 0.2) is 127 Å². The van der Waals surface area contributed by atoms with Gasteiger partial charge in [0.25, 0.3) is 5.91 Å². The van der Waals surface area contributed by atoms with Crippen LogP contribution in [-0.2, 0) is 11.3 Å². The first-order valence-electron chi connectivity index (χ1n) is 15.5. The van der Waals surface area contributed by atoms with Gasteiger partial charge in [-0.15, -0.1) is 0 Å². The van der Waals surface area contributed by atoms with Crippen molar-refractivity contribution in [2.45, 2.75) is 25.3 Å². The number of rotatable bonds is 9. The van der Waals surface area contributed by atoms with E-state index in [9.17, 15) is 9.59 Å². The normalized spacial score (nSPS) is 14.0. The summed E-state index contributed by atoms with van der Waals surface area (Å²) >= 11 is 12.5. The molecule has 1 unspecified atom stereocenters. The number of hydrogen-bond donors (Lipinski definition) is 2. The molecule has 5 aromatic carbocycles. The SMILES string of the molecule is O=C(Nc1ccc(N2CCC(C(C(=O)NCc3ccccc3)c3ccccc3)CC2)cc1)c1ccccc1-c1cc(Cl)cc(Cl)c1. The van der Waals surface area contributed by atoms with Crippen molar-refractivity contribution in [2.75, 3.05) is 23.3 Å². The number of anilines is 2. The van der Waals surface area contributed by atoms with Gasteiger partial charge in [0, 0.05) is 46.6 Å². The summed E-state index contributed by atoms with van der Waals surface area (Å²) in [4.78, 5) is 29.3. The summed E-state index contributed by atoms with van der Waals surface area (Å²) in [6.45, 7) is 2.22. The molecule has 0 radical (unpaired) electrons. The molecule has 1 aliphatic rings. The van der Waals surface area contributed by atoms with Gasteiger partial charge in [0.15, 0.2) is 0 Å². The highest BCUT2D eigenvalue weighted by molar-refractivity contribution is 6.35. The van der Waals surface area contributed by atoms with E-state index in [4.69, 9.17) is 23.2 Å². The number of nitrogens with zero attached hydrogens (tertiary/aromatic N) is 1. The Labute approximate surface area is 280 Å². The second-order valence-corrected chi connectivity index (χ2v) is 12.5. The Bertz CT molecular complexity index is 1770. The zero-order valence-electron chi connectivity index (χ0n) is 25.3. The van der Waals surface area contributed by atoms with Gasteiger partial charge in [0.1, 0.15) is 0 Å². The van der Waals surface area contributed by atoms with Gasteiger partial charge < -0.3 is 15.5 Å². The summed E-state index contributed by atoms with van der Waals surface area (Å²) in [7, 11) is 0. The predicted molar refractivity (Wildman–Crippen MR) is 189 cm³/mol. The van der Waals surface area contributed by atoms with E-state index in [-0.39, 0.29) is 23.7 Å². The molecule has 2 amide bonds. The Morgan fingerprint density at radius 2 is 1.35 bits per heavy atom. The quantitative estimate of drug-likeness (QED) is 0.168. The van der Waals surface area contributed by atoms with Crippen molar-refractivity contribution in [3.63, 3.8) is 0 Å². The van der Waals surface area contributed by atoms with Crippen LogP contribution in [0.1, 0.15) is 40.2 Å². The van der Waals surface area contributed by atoms with Crippen LogP contribution in [-0.4, -0.2) is 24.9 Å². The van der Waals surface area contributed by atoms with Gasteiger partial charge in [0.2, 0.25) is 5.91 Å². The third-order valence-corrected chi connectivity index (χ3v) is 9.03. The highest BCUT2D eigenvalue weighted by atomic mass is 35.5. The number of amides is 2. The topological polar surface area (TPSA) is 61.4 Å². The minimum absolute atomic E-state index is 0.0774. The third-order valence-electron chi connectivity index (χ3n) is 8.60. The fourth-order valence-electron chi connectivity index (χ4n) is 6.28. The van der Waals surface area contributed by atoms with Crippen molar-refractivity contribution in [2.24, 2.45) is 5.92 Å². The molecule has 1 atom stereocenters. The van der Waals surface area contributed by atoms with Crippen LogP contribution in [0, 0.1) is 5.92 Å². The van der Waals surface area contributed by atoms with E-state index in [2.05, 4.69) is 27.7 Å². The lowest BCUT2D eigenvalue weighted by Gasteiger charge is -2.37. The lowest BCUT2D eigenvalue weighted by molar-refractivity contribution is -0.124. The van der Waals surface area contributed by atoms with Crippen molar-refractivity contribution in [1.29, 1.82) is 0 Å². The van der Waals surface area contributed by atoms with Crippen molar-refractivity contribution in [3.8, 4) is 11.1 Å². The standard InChI is InChI=1S/C39H35Cl2N3O2/c40-31-23-30(24-32(41)25-31)35-13-7-8-14-36(35)38(45)43-33-15-17-34(18-16-33)44-21-19-29(20-22-44)37(28-11-5-2-6-12-28)39(46)42-26-27-9-3-1-4-10-27/h1-18,23-25,29,37H,19-22,26H2,(H,42,46)(H,43,45). The summed E-state index contributed by atoms with van der Waals surface area (Å²) in [5, 5.41) is 7.25. The van der Waals surface area contributed by atoms with Gasteiger partial charge in [-0.25, -0.2) is 0 Å². The number of carbonyl (C=O) groups is 2. The van der Waals surface area contributed by atoms with Gasteiger partial charge in [-0.2, -0.15) is 0 Å². The molecular weight excluding hydrogens is 613 g/mol. The smallest absolute Gasteiger partial charge is 0.256 e. The third kappa shape index (κ3) is 7.61. The highest BCUT2D eigenvalue weighted by Gasteiger charge is 2.32. The zero-order chi connectivity index (χ0) is 31.9. The van der Waals surface area contributed by atoms with Crippen molar-refractivity contribution in [3.05, 3.63) is 154 Å². The molecule has 0 bridgehead atoms. The zero-order valence-corrected chi connectivity index (χ0v) is 26.8. The first-order chi connectivity index (χ1) is 22.4. The fraction of sp³-hybridized carbons (Fsp3) is 0.179. The average molecular weight is 649 g/mol. The minimum Gasteiger partial charge on any atom is -0.372 e. The molecule has 0 saturated carbocycles. The number of benzene rings is 5. The summed E-state index contributed by atoms with van der Waals surface area (Å²) in [5.74, 6) is -0.0933. The Kier molecular flexibility index (Phi) is 10.0. The molecule has 232 valence electrons. The Morgan fingerprint density at radius 3 is 2.02 bits per heavy atom. The lowest BCUT2D eigenvalue weighted by atomic mass is 9.79. The van der Waals surface area contributed by atoms with E-state index >= 15 is 0 Å². The number of carbonyl (C=O) groups excluding carboxylic acids is 2. The lowest BCUT2D eigenvalue weighted by Crippen LogP contribution is -2.40. The Hall–Kier alpha value is -4.58. The van der Waals surface area contributed by atoms with E-state index in [0.29, 0.717) is 27.8 Å². The molecule has 0 aliphatic carbocycles. The molecule has 6 rings (SSSR count). The first-order valence-corrected chi connectivity index (χ1v) is 16.3. The van der Waals surface area contributed by atoms with Crippen LogP contribution in [0.4, 0.5) is 11.4 Å². The van der Waals surface area contributed by atoms with Crippen LogP contribution in [0.3, 0.4) is 0 Å². The molecule has 1 heterocycles. The molecule has 5 aromatic rings. The minimum atomic E-state index is -0.210. The molecule has 46 heavy (non-hydrogen) atoms. The number of halogens is 2. The van der Waals surface area contributed by atoms with E-state index in [0.717, 1.165) is 53.9 Å². The van der Waals surface area contributed by atoms with Crippen molar-refractivity contribution >= 4 is 46.4 Å². The maximum absolute atomic E-state index is 13.6. The van der Waals surface area contributed by atoms with Gasteiger partial charge in [-0.05, 0) is 89.5 Å². The van der Waals surface area contributed by atoms with Crippen LogP contribution in [0.25, 0.3) is 11.1 Å². The molecule has 1 aliphatic heterocycles. The van der Waals surface area contributed by atoms with Crippen LogP contribution in [0.2, 0.25) is 10.0 Å². The molecule has 2 N–H and O–H groups in total. The Balaban J connectivity index is 1.09. The summed E-state index contributed by atoms with van der Waals surface area (Å²) in [6.07, 6.45) is 1.81. The van der Waals surface area contributed by atoms with Crippen LogP contribution >= 0.6 is 23.2 Å². The number of piperidine rings is 1. The largest absolute Gasteiger partial charge is 0.372 e. The van der Waals surface area contributed by atoms with Gasteiger partial charge in [-0.1, -0.05) is 102 Å². The van der Waals surface area contributed by atoms with E-state index in [1.165, 1.54) is 0 Å². The fourth-order valence-corrected chi connectivity index (χ4v) is 6.81. The summed E-state index contributed by atoms with van der Waals surface area (Å²) < 4.78 is 0. The van der Waals surface area contributed by atoms with Gasteiger partial charge in [-0.3, -0.25) is 9.59 Å². The monoisotopic (exact) mass is 647 g/mol. The average Bonchev–Trinajstić information content (AvgIpc) is 3.09. The van der Waals surface area contributed by atoms with Gasteiger partial charge >= 0.3 is 0 Å². The molecule has 7 heteroatoms. The number of nitrogens with one attached hydrogen (secondary N) is 2. The van der Waals surface area contributed by atoms with E-state index in [1.54, 1.807) is 24.3 Å². The van der Waals surface area contributed by atoms with Crippen molar-refractivity contribution < 1.29 is 9.59 Å². The summed E-state index contributed by atoms with van der Waals surface area (Å²) in [6, 6.07) is 40.8. The number of hydrogen-bond acceptors (Lipinski definition) is 3. The Morgan fingerprint density at radius 1 is 0.739 bits per heavy atom. The second-order valence-electron chi connectivity index (χ2n) is 11.6. The molecule has 1 fully saturated rings. The first kappa shape index (κ1) is 31.4. The maximum Gasteiger partial charge on any atom is 0.256 e. The van der Waals surface area contributed by atoms with E-state index in [1.807, 2.05) is 91.0 Å². The molecular formula is C39H35Cl2N3O2. The highest BCUT2D eigenvalue weighted by Crippen LogP contribution is 2.35. The molecule has 5 nitrogen and oxygen atoms in total.